The molecule has 0 unspecified atom stereocenters. The number of aryl methyl sites for hydroxylation is 1. The Hall–Kier alpha value is -2.17. The molecule has 0 bridgehead atoms. The second-order valence-corrected chi connectivity index (χ2v) is 5.76. The molecule has 0 radical (unpaired) electrons. The summed E-state index contributed by atoms with van der Waals surface area (Å²) in [7, 11) is 1.94. The van der Waals surface area contributed by atoms with Crippen LogP contribution in [0.5, 0.6) is 0 Å². The van der Waals surface area contributed by atoms with Crippen LogP contribution in [-0.4, -0.2) is 9.55 Å². The van der Waals surface area contributed by atoms with Crippen molar-refractivity contribution in [2.24, 2.45) is 7.05 Å². The van der Waals surface area contributed by atoms with Crippen molar-refractivity contribution in [1.29, 1.82) is 0 Å². The topological polar surface area (TPSA) is 29.9 Å². The minimum atomic E-state index is -0.251. The Bertz CT molecular complexity index is 783. The van der Waals surface area contributed by atoms with Gasteiger partial charge in [-0.3, -0.25) is 5.32 Å². The number of halogens is 2. The van der Waals surface area contributed by atoms with Gasteiger partial charge in [0.15, 0.2) is 0 Å². The zero-order valence-electron chi connectivity index (χ0n) is 12.7. The van der Waals surface area contributed by atoms with Gasteiger partial charge < -0.3 is 4.57 Å². The maximum atomic E-state index is 13.2. The Morgan fingerprint density at radius 3 is 2.57 bits per heavy atom. The second kappa shape index (κ2) is 6.94. The van der Waals surface area contributed by atoms with Crippen LogP contribution in [0.2, 0.25) is 5.02 Å². The first-order chi connectivity index (χ1) is 11.1. The lowest BCUT2D eigenvalue weighted by molar-refractivity contribution is 0.556. The molecule has 1 N–H and O–H groups in total. The van der Waals surface area contributed by atoms with E-state index in [4.69, 9.17) is 11.6 Å². The molecule has 0 saturated carbocycles. The third-order valence-corrected chi connectivity index (χ3v) is 4.14. The van der Waals surface area contributed by atoms with Crippen LogP contribution >= 0.6 is 11.6 Å². The summed E-state index contributed by atoms with van der Waals surface area (Å²) in [5.74, 6) is 0.613. The van der Waals surface area contributed by atoms with Crippen LogP contribution in [0.1, 0.15) is 23.0 Å². The van der Waals surface area contributed by atoms with Crippen molar-refractivity contribution < 1.29 is 4.39 Å². The summed E-state index contributed by atoms with van der Waals surface area (Å²) in [6, 6.07) is 14.0. The average molecular weight is 330 g/mol. The molecule has 0 spiro atoms. The van der Waals surface area contributed by atoms with Gasteiger partial charge in [0.2, 0.25) is 0 Å². The summed E-state index contributed by atoms with van der Waals surface area (Å²) in [6.07, 6.45) is 3.64. The maximum absolute atomic E-state index is 13.2. The highest BCUT2D eigenvalue weighted by molar-refractivity contribution is 6.31. The van der Waals surface area contributed by atoms with E-state index in [0.29, 0.717) is 6.54 Å². The van der Waals surface area contributed by atoms with Crippen molar-refractivity contribution in [2.75, 3.05) is 0 Å². The first-order valence-electron chi connectivity index (χ1n) is 7.34. The van der Waals surface area contributed by atoms with Gasteiger partial charge in [-0.05, 0) is 29.3 Å². The van der Waals surface area contributed by atoms with E-state index in [2.05, 4.69) is 10.3 Å². The van der Waals surface area contributed by atoms with Crippen molar-refractivity contribution in [2.45, 2.75) is 12.6 Å². The summed E-state index contributed by atoms with van der Waals surface area (Å²) in [4.78, 5) is 4.42. The molecule has 0 amide bonds. The Morgan fingerprint density at radius 1 is 1.17 bits per heavy atom. The number of aromatic nitrogens is 2. The van der Waals surface area contributed by atoms with Crippen molar-refractivity contribution in [3.63, 3.8) is 0 Å². The van der Waals surface area contributed by atoms with Crippen LogP contribution in [0.25, 0.3) is 0 Å². The maximum Gasteiger partial charge on any atom is 0.130 e. The molecule has 1 aromatic heterocycles. The van der Waals surface area contributed by atoms with E-state index in [-0.39, 0.29) is 11.9 Å². The Kier molecular flexibility index (Phi) is 4.74. The fourth-order valence-corrected chi connectivity index (χ4v) is 2.73. The highest BCUT2D eigenvalue weighted by Gasteiger charge is 2.18. The molecule has 23 heavy (non-hydrogen) atoms. The van der Waals surface area contributed by atoms with E-state index in [1.165, 1.54) is 12.1 Å². The summed E-state index contributed by atoms with van der Waals surface area (Å²) < 4.78 is 15.2. The monoisotopic (exact) mass is 329 g/mol. The molecule has 1 heterocycles. The minimum absolute atomic E-state index is 0.146. The van der Waals surface area contributed by atoms with Crippen LogP contribution < -0.4 is 5.32 Å². The summed E-state index contributed by atoms with van der Waals surface area (Å²) in [5, 5.41) is 4.19. The Morgan fingerprint density at radius 2 is 1.91 bits per heavy atom. The van der Waals surface area contributed by atoms with Crippen LogP contribution in [0.15, 0.2) is 60.9 Å². The lowest BCUT2D eigenvalue weighted by Gasteiger charge is -2.19. The van der Waals surface area contributed by atoms with Gasteiger partial charge in [-0.1, -0.05) is 41.9 Å². The van der Waals surface area contributed by atoms with Gasteiger partial charge in [0.25, 0.3) is 0 Å². The molecule has 0 aliphatic carbocycles. The first kappa shape index (κ1) is 15.7. The van der Waals surface area contributed by atoms with E-state index >= 15 is 0 Å². The number of imidazole rings is 1. The third kappa shape index (κ3) is 3.60. The normalized spacial score (nSPS) is 12.3. The molecule has 118 valence electrons. The molecular weight excluding hydrogens is 313 g/mol. The summed E-state index contributed by atoms with van der Waals surface area (Å²) >= 11 is 6.22. The smallest absolute Gasteiger partial charge is 0.130 e. The molecule has 0 fully saturated rings. The van der Waals surface area contributed by atoms with Gasteiger partial charge in [0.05, 0.1) is 6.04 Å². The third-order valence-electron chi connectivity index (χ3n) is 3.77. The average Bonchev–Trinajstić information content (AvgIpc) is 2.97. The van der Waals surface area contributed by atoms with Gasteiger partial charge >= 0.3 is 0 Å². The summed E-state index contributed by atoms with van der Waals surface area (Å²) in [5.41, 5.74) is 1.96. The van der Waals surface area contributed by atoms with Crippen LogP contribution in [-0.2, 0) is 13.6 Å². The Balaban J connectivity index is 1.88. The molecule has 0 aliphatic heterocycles. The second-order valence-electron chi connectivity index (χ2n) is 5.35. The van der Waals surface area contributed by atoms with Gasteiger partial charge in [-0.25, -0.2) is 9.37 Å². The number of benzene rings is 2. The number of nitrogens with one attached hydrogen (secondary N) is 1. The lowest BCUT2D eigenvalue weighted by atomic mass is 10.1. The molecule has 3 nitrogen and oxygen atoms in total. The van der Waals surface area contributed by atoms with Crippen molar-refractivity contribution in [1.82, 2.24) is 14.9 Å². The number of rotatable bonds is 5. The molecule has 2 aromatic carbocycles. The quantitative estimate of drug-likeness (QED) is 0.764. The highest BCUT2D eigenvalue weighted by Crippen LogP contribution is 2.23. The van der Waals surface area contributed by atoms with Crippen molar-refractivity contribution in [3.8, 4) is 0 Å². The minimum Gasteiger partial charge on any atom is -0.336 e. The number of hydrogen-bond acceptors (Lipinski definition) is 2. The molecule has 3 rings (SSSR count). The predicted molar refractivity (Wildman–Crippen MR) is 89.7 cm³/mol. The van der Waals surface area contributed by atoms with E-state index in [9.17, 15) is 4.39 Å². The van der Waals surface area contributed by atoms with Gasteiger partial charge in [0, 0.05) is 31.0 Å². The van der Waals surface area contributed by atoms with E-state index in [1.807, 2.05) is 42.1 Å². The van der Waals surface area contributed by atoms with E-state index < -0.39 is 0 Å². The van der Waals surface area contributed by atoms with E-state index in [1.54, 1.807) is 18.3 Å². The van der Waals surface area contributed by atoms with Crippen molar-refractivity contribution in [3.05, 3.63) is 88.7 Å². The lowest BCUT2D eigenvalue weighted by Crippen LogP contribution is -2.25. The number of hydrogen-bond donors (Lipinski definition) is 1. The highest BCUT2D eigenvalue weighted by atomic mass is 35.5. The van der Waals surface area contributed by atoms with Crippen LogP contribution in [0, 0.1) is 5.82 Å². The summed E-state index contributed by atoms with van der Waals surface area (Å²) in [6.45, 7) is 0.592. The zero-order chi connectivity index (χ0) is 16.2. The first-order valence-corrected chi connectivity index (χ1v) is 7.72. The molecule has 3 aromatic rings. The molecule has 1 atom stereocenters. The molecular formula is C18H17ClFN3. The van der Waals surface area contributed by atoms with Gasteiger partial charge in [-0.15, -0.1) is 0 Å². The fourth-order valence-electron chi connectivity index (χ4n) is 2.52. The molecule has 5 heteroatoms. The molecule has 0 aliphatic rings. The van der Waals surface area contributed by atoms with Crippen LogP contribution in [0.4, 0.5) is 4.39 Å². The predicted octanol–water partition coefficient (Wildman–Crippen LogP) is 4.09. The largest absolute Gasteiger partial charge is 0.336 e. The standard InChI is InChI=1S/C18H17ClFN3/c1-23-11-10-21-18(23)17(13-6-8-15(20)9-7-13)22-12-14-4-2-3-5-16(14)19/h2-11,17,22H,12H2,1H3/t17-/m0/s1. The SMILES string of the molecule is Cn1ccnc1[C@@H](NCc1ccccc1Cl)c1ccc(F)cc1. The molecule has 0 saturated heterocycles. The number of nitrogens with zero attached hydrogens (tertiary/aromatic N) is 2. The zero-order valence-corrected chi connectivity index (χ0v) is 13.5. The van der Waals surface area contributed by atoms with Gasteiger partial charge in [0.1, 0.15) is 11.6 Å². The Labute approximate surface area is 139 Å². The van der Waals surface area contributed by atoms with Crippen molar-refractivity contribution >= 4 is 11.6 Å². The van der Waals surface area contributed by atoms with E-state index in [0.717, 1.165) is 22.0 Å². The van der Waals surface area contributed by atoms with Gasteiger partial charge in [-0.2, -0.15) is 0 Å². The van der Waals surface area contributed by atoms with Crippen LogP contribution in [0.3, 0.4) is 0 Å². The fraction of sp³-hybridized carbons (Fsp3) is 0.167.